The van der Waals surface area contributed by atoms with Crippen LogP contribution in [-0.4, -0.2) is 30.4 Å². The normalized spacial score (nSPS) is 21.7. The highest BCUT2D eigenvalue weighted by Gasteiger charge is 2.21. The smallest absolute Gasteiger partial charge is 0.119 e. The fourth-order valence-electron chi connectivity index (χ4n) is 3.53. The minimum atomic E-state index is -0.483. The number of rotatable bonds is 7. The van der Waals surface area contributed by atoms with Gasteiger partial charge in [-0.3, -0.25) is 0 Å². The van der Waals surface area contributed by atoms with Crippen molar-refractivity contribution in [2.75, 3.05) is 13.2 Å². The van der Waals surface area contributed by atoms with Crippen LogP contribution in [0.1, 0.15) is 32.6 Å². The number of hydrogen-bond acceptors (Lipinski definition) is 3. The Balaban J connectivity index is 1.43. The van der Waals surface area contributed by atoms with Crippen LogP contribution in [0, 0.1) is 5.92 Å². The zero-order chi connectivity index (χ0) is 17.5. The van der Waals surface area contributed by atoms with E-state index in [2.05, 4.69) is 36.5 Å². The molecule has 3 nitrogen and oxygen atoms in total. The first-order chi connectivity index (χ1) is 12.2. The van der Waals surface area contributed by atoms with Crippen molar-refractivity contribution in [2.45, 2.75) is 44.8 Å². The molecule has 2 N–H and O–H groups in total. The molecule has 0 bridgehead atoms. The third-order valence-corrected chi connectivity index (χ3v) is 5.13. The summed E-state index contributed by atoms with van der Waals surface area (Å²) in [4.78, 5) is 0. The quantitative estimate of drug-likeness (QED) is 0.792. The molecule has 134 valence electrons. The van der Waals surface area contributed by atoms with Crippen molar-refractivity contribution in [3.63, 3.8) is 0 Å². The Kier molecular flexibility index (Phi) is 6.48. The van der Waals surface area contributed by atoms with Gasteiger partial charge in [0, 0.05) is 12.6 Å². The Morgan fingerprint density at radius 1 is 1.00 bits per heavy atom. The van der Waals surface area contributed by atoms with E-state index < -0.39 is 6.10 Å². The number of ether oxygens (including phenoxy) is 1. The summed E-state index contributed by atoms with van der Waals surface area (Å²) in [5.74, 6) is 1.50. The first-order valence-corrected chi connectivity index (χ1v) is 9.42. The largest absolute Gasteiger partial charge is 0.491 e. The molecule has 0 radical (unpaired) electrons. The zero-order valence-electron chi connectivity index (χ0n) is 15.0. The van der Waals surface area contributed by atoms with Crippen molar-refractivity contribution < 1.29 is 9.84 Å². The molecule has 0 aromatic heterocycles. The fourth-order valence-corrected chi connectivity index (χ4v) is 3.53. The average molecular weight is 339 g/mol. The molecule has 1 aliphatic carbocycles. The van der Waals surface area contributed by atoms with Crippen LogP contribution in [0.15, 0.2) is 54.6 Å². The molecule has 0 saturated heterocycles. The van der Waals surface area contributed by atoms with Crippen molar-refractivity contribution in [3.8, 4) is 16.9 Å². The van der Waals surface area contributed by atoms with Gasteiger partial charge in [0.15, 0.2) is 0 Å². The predicted molar refractivity (Wildman–Crippen MR) is 103 cm³/mol. The number of nitrogens with one attached hydrogen (secondary N) is 1. The van der Waals surface area contributed by atoms with Crippen LogP contribution in [0.25, 0.3) is 11.1 Å². The molecule has 1 fully saturated rings. The second-order valence-electron chi connectivity index (χ2n) is 7.13. The van der Waals surface area contributed by atoms with Gasteiger partial charge in [0.05, 0.1) is 0 Å². The van der Waals surface area contributed by atoms with E-state index in [4.69, 9.17) is 4.74 Å². The summed E-state index contributed by atoms with van der Waals surface area (Å²) in [5, 5.41) is 13.7. The van der Waals surface area contributed by atoms with Crippen LogP contribution in [0.2, 0.25) is 0 Å². The molecule has 3 heteroatoms. The molecular weight excluding hydrogens is 310 g/mol. The summed E-state index contributed by atoms with van der Waals surface area (Å²) < 4.78 is 5.74. The lowest BCUT2D eigenvalue weighted by molar-refractivity contribution is 0.0985. The third kappa shape index (κ3) is 5.32. The van der Waals surface area contributed by atoms with Gasteiger partial charge in [-0.15, -0.1) is 0 Å². The topological polar surface area (TPSA) is 41.5 Å². The Bertz CT molecular complexity index is 626. The van der Waals surface area contributed by atoms with Crippen LogP contribution >= 0.6 is 0 Å². The van der Waals surface area contributed by atoms with E-state index in [1.807, 2.05) is 30.3 Å². The van der Waals surface area contributed by atoms with Gasteiger partial charge in [-0.05, 0) is 42.0 Å². The van der Waals surface area contributed by atoms with Crippen LogP contribution in [0.5, 0.6) is 5.75 Å². The van der Waals surface area contributed by atoms with Crippen molar-refractivity contribution >= 4 is 0 Å². The van der Waals surface area contributed by atoms with Crippen LogP contribution in [0.4, 0.5) is 0 Å². The highest BCUT2D eigenvalue weighted by atomic mass is 16.5. The minimum Gasteiger partial charge on any atom is -0.491 e. The number of aliphatic hydroxyl groups is 1. The standard InChI is InChI=1S/C22H29NO2/c1-17-7-5-6-10-22(17)23-15-20(24)16-25-21-13-11-19(12-14-21)18-8-3-2-4-9-18/h2-4,8-9,11-14,17,20,22-24H,5-7,10,15-16H2,1H3/t17-,20-,22-/m0/s1. The van der Waals surface area contributed by atoms with Crippen molar-refractivity contribution in [1.82, 2.24) is 5.32 Å². The Labute approximate surface area is 151 Å². The first kappa shape index (κ1) is 18.0. The summed E-state index contributed by atoms with van der Waals surface area (Å²) in [6.07, 6.45) is 4.66. The maximum absolute atomic E-state index is 10.2. The molecule has 2 aromatic carbocycles. The molecule has 2 aromatic rings. The number of hydrogen-bond donors (Lipinski definition) is 2. The van der Waals surface area contributed by atoms with E-state index in [-0.39, 0.29) is 0 Å². The number of benzene rings is 2. The van der Waals surface area contributed by atoms with Crippen molar-refractivity contribution in [3.05, 3.63) is 54.6 Å². The first-order valence-electron chi connectivity index (χ1n) is 9.42. The molecule has 0 aliphatic heterocycles. The lowest BCUT2D eigenvalue weighted by Crippen LogP contribution is -2.42. The van der Waals surface area contributed by atoms with Crippen LogP contribution in [-0.2, 0) is 0 Å². The van der Waals surface area contributed by atoms with E-state index in [9.17, 15) is 5.11 Å². The van der Waals surface area contributed by atoms with Gasteiger partial charge in [-0.2, -0.15) is 0 Å². The molecule has 0 heterocycles. The molecule has 1 aliphatic rings. The summed E-state index contributed by atoms with van der Waals surface area (Å²) >= 11 is 0. The van der Waals surface area contributed by atoms with Gasteiger partial charge in [-0.1, -0.05) is 62.2 Å². The van der Waals surface area contributed by atoms with Crippen LogP contribution < -0.4 is 10.1 Å². The zero-order valence-corrected chi connectivity index (χ0v) is 15.0. The van der Waals surface area contributed by atoms with E-state index in [1.54, 1.807) is 0 Å². The van der Waals surface area contributed by atoms with Gasteiger partial charge in [-0.25, -0.2) is 0 Å². The van der Waals surface area contributed by atoms with Crippen LogP contribution in [0.3, 0.4) is 0 Å². The molecule has 0 amide bonds. The second-order valence-corrected chi connectivity index (χ2v) is 7.13. The Morgan fingerprint density at radius 2 is 1.68 bits per heavy atom. The summed E-state index contributed by atoms with van der Waals surface area (Å²) in [6.45, 7) is 3.21. The monoisotopic (exact) mass is 339 g/mol. The van der Waals surface area contributed by atoms with E-state index >= 15 is 0 Å². The lowest BCUT2D eigenvalue weighted by atomic mass is 9.86. The highest BCUT2D eigenvalue weighted by molar-refractivity contribution is 5.63. The van der Waals surface area contributed by atoms with Gasteiger partial charge in [0.1, 0.15) is 18.5 Å². The lowest BCUT2D eigenvalue weighted by Gasteiger charge is -2.30. The summed E-state index contributed by atoms with van der Waals surface area (Å²) in [5.41, 5.74) is 2.36. The average Bonchev–Trinajstić information content (AvgIpc) is 2.67. The van der Waals surface area contributed by atoms with Gasteiger partial charge in [0.2, 0.25) is 0 Å². The second kappa shape index (κ2) is 9.02. The molecule has 3 atom stereocenters. The maximum Gasteiger partial charge on any atom is 0.119 e. The minimum absolute atomic E-state index is 0.318. The Hall–Kier alpha value is -1.84. The number of aliphatic hydroxyl groups excluding tert-OH is 1. The molecule has 3 rings (SSSR count). The third-order valence-electron chi connectivity index (χ3n) is 5.13. The van der Waals surface area contributed by atoms with E-state index in [0.29, 0.717) is 25.1 Å². The van der Waals surface area contributed by atoms with Crippen molar-refractivity contribution in [1.29, 1.82) is 0 Å². The predicted octanol–water partition coefficient (Wildman–Crippen LogP) is 4.26. The van der Waals surface area contributed by atoms with E-state index in [1.165, 1.54) is 36.8 Å². The SMILES string of the molecule is C[C@H]1CCCC[C@@H]1NC[C@H](O)COc1ccc(-c2ccccc2)cc1. The summed E-state index contributed by atoms with van der Waals surface area (Å²) in [6, 6.07) is 18.9. The maximum atomic E-state index is 10.2. The Morgan fingerprint density at radius 3 is 2.40 bits per heavy atom. The van der Waals surface area contributed by atoms with E-state index in [0.717, 1.165) is 5.75 Å². The molecular formula is C22H29NO2. The van der Waals surface area contributed by atoms with Gasteiger partial charge >= 0.3 is 0 Å². The summed E-state index contributed by atoms with van der Waals surface area (Å²) in [7, 11) is 0. The molecule has 0 unspecified atom stereocenters. The van der Waals surface area contributed by atoms with Crippen molar-refractivity contribution in [2.24, 2.45) is 5.92 Å². The molecule has 1 saturated carbocycles. The van der Waals surface area contributed by atoms with Gasteiger partial charge < -0.3 is 15.2 Å². The fraction of sp³-hybridized carbons (Fsp3) is 0.455. The molecule has 25 heavy (non-hydrogen) atoms. The molecule has 0 spiro atoms. The highest BCUT2D eigenvalue weighted by Crippen LogP contribution is 2.24. The van der Waals surface area contributed by atoms with Gasteiger partial charge in [0.25, 0.3) is 0 Å².